The molecule has 0 fully saturated rings. The smallest absolute Gasteiger partial charge is 0.338 e. The first-order valence-corrected chi connectivity index (χ1v) is 3.44. The Morgan fingerprint density at radius 3 is 1.82 bits per heavy atom. The fraction of sp³-hybridized carbons (Fsp3) is 0.857. The summed E-state index contributed by atoms with van der Waals surface area (Å²) in [5.74, 6) is -1.41. The molecular formula is C7H14O4. The van der Waals surface area contributed by atoms with Crippen LogP contribution in [0.4, 0.5) is 0 Å². The van der Waals surface area contributed by atoms with Gasteiger partial charge in [-0.2, -0.15) is 0 Å². The van der Waals surface area contributed by atoms with Gasteiger partial charge in [0.05, 0.1) is 0 Å². The van der Waals surface area contributed by atoms with Crippen LogP contribution in [0.5, 0.6) is 0 Å². The van der Waals surface area contributed by atoms with Gasteiger partial charge >= 0.3 is 5.97 Å². The first-order chi connectivity index (χ1) is 4.75. The van der Waals surface area contributed by atoms with E-state index in [9.17, 15) is 15.0 Å². The van der Waals surface area contributed by atoms with Gasteiger partial charge in [0.25, 0.3) is 0 Å². The lowest BCUT2D eigenvalue weighted by Gasteiger charge is -2.33. The summed E-state index contributed by atoms with van der Waals surface area (Å²) in [6.07, 6.45) is 0.187. The summed E-state index contributed by atoms with van der Waals surface area (Å²) in [4.78, 5) is 10.4. The molecule has 66 valence electrons. The second-order valence-electron chi connectivity index (χ2n) is 3.00. The lowest BCUT2D eigenvalue weighted by molar-refractivity contribution is -0.185. The van der Waals surface area contributed by atoms with Crippen molar-refractivity contribution in [3.05, 3.63) is 0 Å². The Labute approximate surface area is 65.5 Å². The Bertz CT molecular complexity index is 160. The SMILES string of the molecule is CCC(C)(O)C(C)(O)C(=O)O. The maximum Gasteiger partial charge on any atom is 0.338 e. The van der Waals surface area contributed by atoms with Crippen LogP contribution in [0.2, 0.25) is 0 Å². The van der Waals surface area contributed by atoms with Crippen molar-refractivity contribution in [2.75, 3.05) is 0 Å². The first kappa shape index (κ1) is 10.4. The van der Waals surface area contributed by atoms with Gasteiger partial charge in [-0.15, -0.1) is 0 Å². The average Bonchev–Trinajstić information content (AvgIpc) is 1.87. The predicted molar refractivity (Wildman–Crippen MR) is 39.2 cm³/mol. The minimum absolute atomic E-state index is 0.187. The second-order valence-corrected chi connectivity index (χ2v) is 3.00. The van der Waals surface area contributed by atoms with Gasteiger partial charge in [0.1, 0.15) is 5.60 Å². The largest absolute Gasteiger partial charge is 0.479 e. The topological polar surface area (TPSA) is 77.8 Å². The third kappa shape index (κ3) is 1.70. The number of hydrogen-bond donors (Lipinski definition) is 3. The zero-order chi connectivity index (χ0) is 9.28. The van der Waals surface area contributed by atoms with Crippen LogP contribution in [0.1, 0.15) is 27.2 Å². The highest BCUT2D eigenvalue weighted by Gasteiger charge is 2.46. The van der Waals surface area contributed by atoms with Gasteiger partial charge in [-0.25, -0.2) is 4.79 Å². The highest BCUT2D eigenvalue weighted by Crippen LogP contribution is 2.24. The number of aliphatic hydroxyl groups is 2. The van der Waals surface area contributed by atoms with Crippen molar-refractivity contribution >= 4 is 5.97 Å². The van der Waals surface area contributed by atoms with Crippen molar-refractivity contribution in [2.24, 2.45) is 0 Å². The molecule has 0 rings (SSSR count). The maximum absolute atomic E-state index is 10.4. The van der Waals surface area contributed by atoms with E-state index in [0.29, 0.717) is 0 Å². The molecule has 2 atom stereocenters. The molecule has 0 amide bonds. The minimum atomic E-state index is -2.08. The molecule has 2 unspecified atom stereocenters. The number of aliphatic carboxylic acids is 1. The number of carboxylic acids is 1. The molecular weight excluding hydrogens is 148 g/mol. The fourth-order valence-electron chi connectivity index (χ4n) is 0.575. The molecule has 0 aliphatic rings. The summed E-state index contributed by atoms with van der Waals surface area (Å²) < 4.78 is 0. The summed E-state index contributed by atoms with van der Waals surface area (Å²) >= 11 is 0. The summed E-state index contributed by atoms with van der Waals surface area (Å²) in [6.45, 7) is 3.98. The van der Waals surface area contributed by atoms with E-state index in [0.717, 1.165) is 6.92 Å². The lowest BCUT2D eigenvalue weighted by Crippen LogP contribution is -2.55. The standard InChI is InChI=1S/C7H14O4/c1-4-6(2,10)7(3,11)5(8)9/h10-11H,4H2,1-3H3,(H,8,9). The Morgan fingerprint density at radius 1 is 1.36 bits per heavy atom. The number of rotatable bonds is 3. The van der Waals surface area contributed by atoms with Gasteiger partial charge in [-0.3, -0.25) is 0 Å². The zero-order valence-electron chi connectivity index (χ0n) is 6.96. The Balaban J connectivity index is 4.67. The van der Waals surface area contributed by atoms with Crippen LogP contribution in [0, 0.1) is 0 Å². The van der Waals surface area contributed by atoms with Gasteiger partial charge in [0, 0.05) is 0 Å². The van der Waals surface area contributed by atoms with Crippen LogP contribution >= 0.6 is 0 Å². The van der Waals surface area contributed by atoms with E-state index in [4.69, 9.17) is 5.11 Å². The van der Waals surface area contributed by atoms with Crippen molar-refractivity contribution in [3.63, 3.8) is 0 Å². The molecule has 3 N–H and O–H groups in total. The summed E-state index contributed by atoms with van der Waals surface area (Å²) in [7, 11) is 0. The number of hydrogen-bond acceptors (Lipinski definition) is 3. The van der Waals surface area contributed by atoms with E-state index >= 15 is 0 Å². The molecule has 0 aliphatic carbocycles. The van der Waals surface area contributed by atoms with Crippen molar-refractivity contribution in [1.29, 1.82) is 0 Å². The highest BCUT2D eigenvalue weighted by molar-refractivity contribution is 5.78. The monoisotopic (exact) mass is 162 g/mol. The van der Waals surface area contributed by atoms with E-state index in [1.54, 1.807) is 6.92 Å². The Kier molecular flexibility index (Phi) is 2.64. The van der Waals surface area contributed by atoms with Gasteiger partial charge in [-0.05, 0) is 20.3 Å². The molecule has 0 heterocycles. The van der Waals surface area contributed by atoms with Crippen LogP contribution in [0.25, 0.3) is 0 Å². The van der Waals surface area contributed by atoms with Gasteiger partial charge in [0.2, 0.25) is 0 Å². The van der Waals surface area contributed by atoms with Crippen molar-refractivity contribution in [3.8, 4) is 0 Å². The van der Waals surface area contributed by atoms with E-state index in [-0.39, 0.29) is 6.42 Å². The molecule has 0 spiro atoms. The van der Waals surface area contributed by atoms with E-state index in [2.05, 4.69) is 0 Å². The minimum Gasteiger partial charge on any atom is -0.479 e. The third-order valence-corrected chi connectivity index (χ3v) is 2.15. The summed E-state index contributed by atoms with van der Waals surface area (Å²) in [5, 5.41) is 27.2. The normalized spacial score (nSPS) is 21.9. The van der Waals surface area contributed by atoms with Crippen LogP contribution < -0.4 is 0 Å². The van der Waals surface area contributed by atoms with Crippen LogP contribution in [-0.4, -0.2) is 32.5 Å². The molecule has 0 aromatic carbocycles. The number of carbonyl (C=O) groups is 1. The second kappa shape index (κ2) is 2.79. The summed E-state index contributed by atoms with van der Waals surface area (Å²) in [6, 6.07) is 0. The van der Waals surface area contributed by atoms with Crippen molar-refractivity contribution in [1.82, 2.24) is 0 Å². The highest BCUT2D eigenvalue weighted by atomic mass is 16.4. The first-order valence-electron chi connectivity index (χ1n) is 3.44. The molecule has 0 radical (unpaired) electrons. The zero-order valence-corrected chi connectivity index (χ0v) is 6.96. The van der Waals surface area contributed by atoms with E-state index in [1.807, 2.05) is 0 Å². The molecule has 0 aromatic rings. The molecule has 0 saturated carbocycles. The van der Waals surface area contributed by atoms with Crippen LogP contribution in [0.15, 0.2) is 0 Å². The van der Waals surface area contributed by atoms with Gasteiger partial charge < -0.3 is 15.3 Å². The quantitative estimate of drug-likeness (QED) is 0.545. The van der Waals surface area contributed by atoms with Gasteiger partial charge in [0.15, 0.2) is 5.60 Å². The molecule has 0 bridgehead atoms. The van der Waals surface area contributed by atoms with Crippen molar-refractivity contribution < 1.29 is 20.1 Å². The molecule has 0 saturated heterocycles. The van der Waals surface area contributed by atoms with Crippen LogP contribution in [0.3, 0.4) is 0 Å². The molecule has 11 heavy (non-hydrogen) atoms. The molecule has 4 nitrogen and oxygen atoms in total. The molecule has 4 heteroatoms. The average molecular weight is 162 g/mol. The Morgan fingerprint density at radius 2 is 1.73 bits per heavy atom. The summed E-state index contributed by atoms with van der Waals surface area (Å²) in [5.41, 5.74) is -3.67. The number of carboxylic acid groups (broad SMARTS) is 1. The van der Waals surface area contributed by atoms with Crippen LogP contribution in [-0.2, 0) is 4.79 Å². The van der Waals surface area contributed by atoms with Crippen molar-refractivity contribution in [2.45, 2.75) is 38.4 Å². The fourth-order valence-corrected chi connectivity index (χ4v) is 0.575. The maximum atomic E-state index is 10.4. The molecule has 0 aliphatic heterocycles. The van der Waals surface area contributed by atoms with E-state index < -0.39 is 17.2 Å². The predicted octanol–water partition coefficient (Wildman–Crippen LogP) is -0.0170. The van der Waals surface area contributed by atoms with E-state index in [1.165, 1.54) is 6.92 Å². The van der Waals surface area contributed by atoms with Gasteiger partial charge in [-0.1, -0.05) is 6.92 Å². The molecule has 0 aromatic heterocycles. The third-order valence-electron chi connectivity index (χ3n) is 2.15. The Hall–Kier alpha value is -0.610. The lowest BCUT2D eigenvalue weighted by atomic mass is 9.84.